The third-order valence-corrected chi connectivity index (χ3v) is 4.25. The van der Waals surface area contributed by atoms with Crippen molar-refractivity contribution in [3.63, 3.8) is 0 Å². The number of fused-ring (bicyclic) bond motifs is 1. The van der Waals surface area contributed by atoms with E-state index in [0.717, 1.165) is 38.6 Å². The van der Waals surface area contributed by atoms with Crippen LogP contribution in [0, 0.1) is 13.8 Å². The lowest BCUT2D eigenvalue weighted by molar-refractivity contribution is 0.390. The average Bonchev–Trinajstić information content (AvgIpc) is 2.97. The fraction of sp³-hybridized carbons (Fsp3) is 0.312. The number of halogens is 1. The molecule has 4 nitrogen and oxygen atoms in total. The SMILES string of the molecule is Cc1noc(C)c1C(C)NCc1[nH]c2ccccc2c1Cl. The van der Waals surface area contributed by atoms with Crippen LogP contribution in [-0.4, -0.2) is 10.1 Å². The Morgan fingerprint density at radius 3 is 2.76 bits per heavy atom. The first kappa shape index (κ1) is 14.2. The van der Waals surface area contributed by atoms with Gasteiger partial charge in [0.25, 0.3) is 0 Å². The zero-order chi connectivity index (χ0) is 15.0. The van der Waals surface area contributed by atoms with Crippen molar-refractivity contribution in [2.75, 3.05) is 0 Å². The summed E-state index contributed by atoms with van der Waals surface area (Å²) in [6.45, 7) is 6.66. The largest absolute Gasteiger partial charge is 0.361 e. The van der Waals surface area contributed by atoms with Crippen LogP contribution < -0.4 is 5.32 Å². The summed E-state index contributed by atoms with van der Waals surface area (Å²) >= 11 is 6.43. The lowest BCUT2D eigenvalue weighted by Gasteiger charge is -2.13. The molecule has 5 heteroatoms. The third kappa shape index (κ3) is 2.57. The predicted molar refractivity (Wildman–Crippen MR) is 84.5 cm³/mol. The Hall–Kier alpha value is -1.78. The number of hydrogen-bond acceptors (Lipinski definition) is 3. The van der Waals surface area contributed by atoms with Crippen LogP contribution >= 0.6 is 11.6 Å². The van der Waals surface area contributed by atoms with Crippen molar-refractivity contribution < 1.29 is 4.52 Å². The van der Waals surface area contributed by atoms with E-state index in [4.69, 9.17) is 16.1 Å². The summed E-state index contributed by atoms with van der Waals surface area (Å²) in [5.41, 5.74) is 4.10. The molecule has 0 saturated heterocycles. The Bertz CT molecular complexity index is 756. The van der Waals surface area contributed by atoms with Crippen LogP contribution in [0.25, 0.3) is 10.9 Å². The monoisotopic (exact) mass is 303 g/mol. The van der Waals surface area contributed by atoms with Crippen molar-refractivity contribution in [3.05, 3.63) is 52.0 Å². The summed E-state index contributed by atoms with van der Waals surface area (Å²) in [5, 5.41) is 9.30. The summed E-state index contributed by atoms with van der Waals surface area (Å²) in [4.78, 5) is 3.36. The molecule has 1 unspecified atom stereocenters. The highest BCUT2D eigenvalue weighted by Gasteiger charge is 2.17. The minimum absolute atomic E-state index is 0.152. The normalized spacial score (nSPS) is 13.0. The molecule has 110 valence electrons. The van der Waals surface area contributed by atoms with E-state index in [1.165, 1.54) is 0 Å². The minimum Gasteiger partial charge on any atom is -0.361 e. The molecular formula is C16H18ClN3O. The quantitative estimate of drug-likeness (QED) is 0.756. The second-order valence-corrected chi connectivity index (χ2v) is 5.68. The predicted octanol–water partition coefficient (Wildman–Crippen LogP) is 4.28. The molecule has 0 aliphatic heterocycles. The molecule has 0 spiro atoms. The van der Waals surface area contributed by atoms with Gasteiger partial charge in [0.15, 0.2) is 0 Å². The fourth-order valence-electron chi connectivity index (χ4n) is 2.75. The number of nitrogens with one attached hydrogen (secondary N) is 2. The number of benzene rings is 1. The van der Waals surface area contributed by atoms with Gasteiger partial charge in [0.2, 0.25) is 0 Å². The molecule has 3 aromatic rings. The van der Waals surface area contributed by atoms with E-state index in [9.17, 15) is 0 Å². The molecular weight excluding hydrogens is 286 g/mol. The highest BCUT2D eigenvalue weighted by Crippen LogP contribution is 2.28. The molecule has 0 fully saturated rings. The maximum Gasteiger partial charge on any atom is 0.138 e. The standard InChI is InChI=1S/C16H18ClN3O/c1-9(15-10(2)20-21-11(15)3)18-8-14-16(17)12-6-4-5-7-13(12)19-14/h4-7,9,18-19H,8H2,1-3H3. The van der Waals surface area contributed by atoms with E-state index in [1.807, 2.05) is 38.1 Å². The number of hydrogen-bond donors (Lipinski definition) is 2. The first-order valence-electron chi connectivity index (χ1n) is 6.99. The van der Waals surface area contributed by atoms with Crippen LogP contribution in [0.5, 0.6) is 0 Å². The average molecular weight is 304 g/mol. The van der Waals surface area contributed by atoms with Gasteiger partial charge in [-0.3, -0.25) is 0 Å². The van der Waals surface area contributed by atoms with E-state index >= 15 is 0 Å². The Morgan fingerprint density at radius 1 is 1.33 bits per heavy atom. The van der Waals surface area contributed by atoms with Gasteiger partial charge in [-0.1, -0.05) is 35.0 Å². The van der Waals surface area contributed by atoms with E-state index in [0.29, 0.717) is 6.54 Å². The second kappa shape index (κ2) is 5.54. The van der Waals surface area contributed by atoms with Crippen LogP contribution in [0.4, 0.5) is 0 Å². The highest BCUT2D eigenvalue weighted by molar-refractivity contribution is 6.36. The third-order valence-electron chi connectivity index (χ3n) is 3.82. The molecule has 2 aromatic heterocycles. The van der Waals surface area contributed by atoms with Gasteiger partial charge in [0.1, 0.15) is 5.76 Å². The van der Waals surface area contributed by atoms with Crippen molar-refractivity contribution >= 4 is 22.5 Å². The Balaban J connectivity index is 1.79. The highest BCUT2D eigenvalue weighted by atomic mass is 35.5. The lowest BCUT2D eigenvalue weighted by atomic mass is 10.1. The number of aromatic nitrogens is 2. The Morgan fingerprint density at radius 2 is 2.10 bits per heavy atom. The molecule has 2 N–H and O–H groups in total. The smallest absolute Gasteiger partial charge is 0.138 e. The first-order valence-corrected chi connectivity index (χ1v) is 7.37. The van der Waals surface area contributed by atoms with Crippen molar-refractivity contribution in [2.24, 2.45) is 0 Å². The van der Waals surface area contributed by atoms with Crippen LogP contribution in [0.15, 0.2) is 28.8 Å². The number of aryl methyl sites for hydroxylation is 2. The summed E-state index contributed by atoms with van der Waals surface area (Å²) in [5.74, 6) is 0.857. The number of nitrogens with zero attached hydrogens (tertiary/aromatic N) is 1. The van der Waals surface area contributed by atoms with Gasteiger partial charge in [-0.05, 0) is 26.8 Å². The number of aromatic amines is 1. The maximum atomic E-state index is 6.43. The van der Waals surface area contributed by atoms with E-state index < -0.39 is 0 Å². The minimum atomic E-state index is 0.152. The molecule has 3 rings (SSSR count). The molecule has 0 radical (unpaired) electrons. The molecule has 0 aliphatic carbocycles. The number of para-hydroxylation sites is 1. The molecule has 1 aromatic carbocycles. The second-order valence-electron chi connectivity index (χ2n) is 5.30. The number of H-pyrrole nitrogens is 1. The Labute approximate surface area is 128 Å². The molecule has 2 heterocycles. The van der Waals surface area contributed by atoms with Gasteiger partial charge in [-0.2, -0.15) is 0 Å². The van der Waals surface area contributed by atoms with Crippen LogP contribution in [-0.2, 0) is 6.54 Å². The van der Waals surface area contributed by atoms with Gasteiger partial charge >= 0.3 is 0 Å². The Kier molecular flexibility index (Phi) is 3.74. The first-order chi connectivity index (χ1) is 10.1. The van der Waals surface area contributed by atoms with Crippen molar-refractivity contribution in [1.29, 1.82) is 0 Å². The van der Waals surface area contributed by atoms with E-state index in [2.05, 4.69) is 22.4 Å². The van der Waals surface area contributed by atoms with Crippen molar-refractivity contribution in [1.82, 2.24) is 15.5 Å². The summed E-state index contributed by atoms with van der Waals surface area (Å²) in [7, 11) is 0. The van der Waals surface area contributed by atoms with Gasteiger partial charge < -0.3 is 14.8 Å². The van der Waals surface area contributed by atoms with Crippen LogP contribution in [0.2, 0.25) is 5.02 Å². The zero-order valence-electron chi connectivity index (χ0n) is 12.3. The molecule has 0 saturated carbocycles. The molecule has 21 heavy (non-hydrogen) atoms. The summed E-state index contributed by atoms with van der Waals surface area (Å²) in [6.07, 6.45) is 0. The molecule has 0 amide bonds. The van der Waals surface area contributed by atoms with Gasteiger partial charge in [-0.25, -0.2) is 0 Å². The zero-order valence-corrected chi connectivity index (χ0v) is 13.1. The molecule has 0 aliphatic rings. The van der Waals surface area contributed by atoms with Crippen LogP contribution in [0.3, 0.4) is 0 Å². The number of rotatable bonds is 4. The van der Waals surface area contributed by atoms with E-state index in [1.54, 1.807) is 0 Å². The summed E-state index contributed by atoms with van der Waals surface area (Å²) < 4.78 is 5.22. The maximum absolute atomic E-state index is 6.43. The van der Waals surface area contributed by atoms with Gasteiger partial charge in [-0.15, -0.1) is 0 Å². The molecule has 1 atom stereocenters. The van der Waals surface area contributed by atoms with E-state index in [-0.39, 0.29) is 6.04 Å². The van der Waals surface area contributed by atoms with Crippen molar-refractivity contribution in [3.8, 4) is 0 Å². The van der Waals surface area contributed by atoms with Gasteiger partial charge in [0, 0.05) is 34.7 Å². The summed E-state index contributed by atoms with van der Waals surface area (Å²) in [6, 6.07) is 8.20. The van der Waals surface area contributed by atoms with Gasteiger partial charge in [0.05, 0.1) is 10.7 Å². The van der Waals surface area contributed by atoms with Crippen molar-refractivity contribution in [2.45, 2.75) is 33.4 Å². The van der Waals surface area contributed by atoms with Crippen LogP contribution in [0.1, 0.15) is 35.7 Å². The fourth-order valence-corrected chi connectivity index (χ4v) is 3.03. The lowest BCUT2D eigenvalue weighted by Crippen LogP contribution is -2.19. The molecule has 0 bridgehead atoms. The topological polar surface area (TPSA) is 53.9 Å².